The molecule has 138 valence electrons. The molecule has 0 bridgehead atoms. The molecule has 1 aliphatic rings. The monoisotopic (exact) mass is 380 g/mol. The van der Waals surface area contributed by atoms with E-state index in [4.69, 9.17) is 4.98 Å². The highest BCUT2D eigenvalue weighted by Gasteiger charge is 2.32. The van der Waals surface area contributed by atoms with E-state index in [1.54, 1.807) is 23.5 Å². The number of para-hydroxylation sites is 1. The number of nitrogens with one attached hydrogen (secondary N) is 1. The van der Waals surface area contributed by atoms with Gasteiger partial charge in [-0.3, -0.25) is 4.79 Å². The number of amides is 1. The number of hydrogen-bond acceptors (Lipinski definition) is 3. The van der Waals surface area contributed by atoms with Crippen molar-refractivity contribution in [3.63, 3.8) is 0 Å². The van der Waals surface area contributed by atoms with Crippen molar-refractivity contribution in [3.05, 3.63) is 77.1 Å². The number of nitrogens with zero attached hydrogens (tertiary/aromatic N) is 1. The van der Waals surface area contributed by atoms with E-state index < -0.39 is 0 Å². The van der Waals surface area contributed by atoms with E-state index in [1.807, 2.05) is 24.3 Å². The summed E-state index contributed by atoms with van der Waals surface area (Å²) in [6.07, 6.45) is 6.24. The normalized spacial score (nSPS) is 19.3. The zero-order valence-corrected chi connectivity index (χ0v) is 15.7. The summed E-state index contributed by atoms with van der Waals surface area (Å²) in [5.41, 5.74) is 1.62. The van der Waals surface area contributed by atoms with Crippen LogP contribution in [-0.4, -0.2) is 17.4 Å². The van der Waals surface area contributed by atoms with Crippen LogP contribution in [0.5, 0.6) is 0 Å². The zero-order valence-electron chi connectivity index (χ0n) is 14.9. The van der Waals surface area contributed by atoms with Crippen LogP contribution in [0.1, 0.15) is 29.3 Å². The van der Waals surface area contributed by atoms with Gasteiger partial charge in [0.15, 0.2) is 0 Å². The fourth-order valence-electron chi connectivity index (χ4n) is 3.58. The molecule has 1 heterocycles. The Hall–Kier alpha value is -2.53. The molecule has 0 spiro atoms. The molecule has 27 heavy (non-hydrogen) atoms. The van der Waals surface area contributed by atoms with Crippen LogP contribution in [0.25, 0.3) is 10.2 Å². The highest BCUT2D eigenvalue weighted by atomic mass is 32.1. The van der Waals surface area contributed by atoms with Gasteiger partial charge in [-0.05, 0) is 43.0 Å². The van der Waals surface area contributed by atoms with Crippen LogP contribution in [0.15, 0.2) is 60.7 Å². The number of allylic oxidation sites excluding steroid dienone is 2. The molecule has 0 aliphatic heterocycles. The van der Waals surface area contributed by atoms with Crippen molar-refractivity contribution >= 4 is 27.5 Å². The first-order chi connectivity index (χ1) is 13.2. The van der Waals surface area contributed by atoms with Gasteiger partial charge in [0.05, 0.1) is 21.1 Å². The second-order valence-corrected chi connectivity index (χ2v) is 7.87. The van der Waals surface area contributed by atoms with Gasteiger partial charge in [0, 0.05) is 12.5 Å². The quantitative estimate of drug-likeness (QED) is 0.643. The highest BCUT2D eigenvalue weighted by Crippen LogP contribution is 2.38. The van der Waals surface area contributed by atoms with E-state index in [-0.39, 0.29) is 23.6 Å². The molecular weight excluding hydrogens is 359 g/mol. The number of fused-ring (bicyclic) bond motifs is 1. The van der Waals surface area contributed by atoms with Gasteiger partial charge in [0.2, 0.25) is 5.91 Å². The van der Waals surface area contributed by atoms with Gasteiger partial charge in [0.25, 0.3) is 0 Å². The summed E-state index contributed by atoms with van der Waals surface area (Å²) in [6.45, 7) is 0.437. The van der Waals surface area contributed by atoms with Crippen LogP contribution in [-0.2, 0) is 11.2 Å². The van der Waals surface area contributed by atoms with Crippen molar-refractivity contribution in [1.82, 2.24) is 10.3 Å². The van der Waals surface area contributed by atoms with Gasteiger partial charge < -0.3 is 5.32 Å². The first kappa shape index (κ1) is 17.9. The number of hydrogen-bond donors (Lipinski definition) is 1. The summed E-state index contributed by atoms with van der Waals surface area (Å²) >= 11 is 1.67. The van der Waals surface area contributed by atoms with Gasteiger partial charge in [-0.1, -0.05) is 42.5 Å². The third-order valence-electron chi connectivity index (χ3n) is 5.05. The average Bonchev–Trinajstić information content (AvgIpc) is 3.13. The summed E-state index contributed by atoms with van der Waals surface area (Å²) in [5.74, 6) is -0.225. The first-order valence-corrected chi connectivity index (χ1v) is 10.1. The lowest BCUT2D eigenvalue weighted by molar-refractivity contribution is -0.125. The molecule has 0 saturated carbocycles. The summed E-state index contributed by atoms with van der Waals surface area (Å²) in [5, 5.41) is 4.02. The second-order valence-electron chi connectivity index (χ2n) is 6.81. The number of thiazole rings is 1. The molecule has 0 saturated heterocycles. The lowest BCUT2D eigenvalue weighted by atomic mass is 9.82. The summed E-state index contributed by atoms with van der Waals surface area (Å²) < 4.78 is 14.9. The van der Waals surface area contributed by atoms with E-state index in [1.165, 1.54) is 6.07 Å². The Bertz CT molecular complexity index is 948. The molecule has 0 fully saturated rings. The smallest absolute Gasteiger partial charge is 0.224 e. The SMILES string of the molecule is O=C(NCCc1ccccc1F)[C@@H]1CC=CC[C@H]1c1nc2ccccc2s1. The third kappa shape index (κ3) is 3.93. The number of carbonyl (C=O) groups is 1. The summed E-state index contributed by atoms with van der Waals surface area (Å²) in [7, 11) is 0. The molecule has 1 N–H and O–H groups in total. The minimum absolute atomic E-state index is 0.0277. The van der Waals surface area contributed by atoms with E-state index in [2.05, 4.69) is 23.5 Å². The largest absolute Gasteiger partial charge is 0.355 e. The molecule has 0 radical (unpaired) electrons. The number of carbonyl (C=O) groups excluding carboxylic acids is 1. The van der Waals surface area contributed by atoms with Crippen molar-refractivity contribution in [2.24, 2.45) is 5.92 Å². The Morgan fingerprint density at radius 3 is 2.74 bits per heavy atom. The molecule has 1 aromatic heterocycles. The number of benzene rings is 2. The van der Waals surface area contributed by atoms with Gasteiger partial charge >= 0.3 is 0 Å². The topological polar surface area (TPSA) is 42.0 Å². The van der Waals surface area contributed by atoms with Crippen molar-refractivity contribution in [2.75, 3.05) is 6.54 Å². The molecule has 2 aromatic carbocycles. The number of halogens is 1. The number of rotatable bonds is 5. The van der Waals surface area contributed by atoms with Crippen molar-refractivity contribution in [1.29, 1.82) is 0 Å². The van der Waals surface area contributed by atoms with Gasteiger partial charge in [-0.15, -0.1) is 11.3 Å². The minimum Gasteiger partial charge on any atom is -0.355 e. The average molecular weight is 380 g/mol. The Morgan fingerprint density at radius 2 is 1.89 bits per heavy atom. The summed E-state index contributed by atoms with van der Waals surface area (Å²) in [6, 6.07) is 14.8. The van der Waals surface area contributed by atoms with Crippen LogP contribution in [0.2, 0.25) is 0 Å². The van der Waals surface area contributed by atoms with Gasteiger partial charge in [0.1, 0.15) is 5.82 Å². The van der Waals surface area contributed by atoms with Gasteiger partial charge in [-0.25, -0.2) is 9.37 Å². The van der Waals surface area contributed by atoms with E-state index in [0.29, 0.717) is 24.9 Å². The predicted molar refractivity (Wildman–Crippen MR) is 107 cm³/mol. The summed E-state index contributed by atoms with van der Waals surface area (Å²) in [4.78, 5) is 17.6. The molecule has 5 heteroatoms. The maximum atomic E-state index is 13.7. The van der Waals surface area contributed by atoms with Crippen LogP contribution in [0, 0.1) is 11.7 Å². The maximum absolute atomic E-state index is 13.7. The number of aromatic nitrogens is 1. The third-order valence-corrected chi connectivity index (χ3v) is 6.22. The Kier molecular flexibility index (Phi) is 5.30. The molecular formula is C22H21FN2OS. The van der Waals surface area contributed by atoms with Crippen molar-refractivity contribution < 1.29 is 9.18 Å². The molecule has 3 aromatic rings. The van der Waals surface area contributed by atoms with E-state index in [9.17, 15) is 9.18 Å². The minimum atomic E-state index is -0.222. The van der Waals surface area contributed by atoms with Crippen LogP contribution in [0.4, 0.5) is 4.39 Å². The predicted octanol–water partition coefficient (Wildman–Crippen LogP) is 4.84. The second kappa shape index (κ2) is 8.01. The van der Waals surface area contributed by atoms with Gasteiger partial charge in [-0.2, -0.15) is 0 Å². The molecule has 1 amide bonds. The van der Waals surface area contributed by atoms with Crippen molar-refractivity contribution in [2.45, 2.75) is 25.2 Å². The molecule has 4 rings (SSSR count). The molecule has 1 aliphatic carbocycles. The Morgan fingerprint density at radius 1 is 1.11 bits per heavy atom. The highest BCUT2D eigenvalue weighted by molar-refractivity contribution is 7.18. The first-order valence-electron chi connectivity index (χ1n) is 9.24. The molecule has 3 nitrogen and oxygen atoms in total. The fraction of sp³-hybridized carbons (Fsp3) is 0.273. The van der Waals surface area contributed by atoms with Crippen molar-refractivity contribution in [3.8, 4) is 0 Å². The van der Waals surface area contributed by atoms with Crippen LogP contribution in [0.3, 0.4) is 0 Å². The standard InChI is InChI=1S/C22H21FN2OS/c23-18-10-4-1-7-15(18)13-14-24-21(26)16-8-2-3-9-17(16)22-25-19-11-5-6-12-20(19)27-22/h1-7,10-12,16-17H,8-9,13-14H2,(H,24,26)/t16-,17-/m1/s1. The lowest BCUT2D eigenvalue weighted by Crippen LogP contribution is -2.36. The Labute approximate surface area is 161 Å². The maximum Gasteiger partial charge on any atom is 0.224 e. The van der Waals surface area contributed by atoms with Crippen LogP contribution >= 0.6 is 11.3 Å². The zero-order chi connectivity index (χ0) is 18.6. The molecule has 0 unspecified atom stereocenters. The van der Waals surface area contributed by atoms with E-state index in [0.717, 1.165) is 21.6 Å². The fourth-order valence-corrected chi connectivity index (χ4v) is 4.72. The lowest BCUT2D eigenvalue weighted by Gasteiger charge is -2.26. The Balaban J connectivity index is 1.44. The molecule has 2 atom stereocenters. The van der Waals surface area contributed by atoms with Crippen LogP contribution < -0.4 is 5.32 Å². The van der Waals surface area contributed by atoms with E-state index >= 15 is 0 Å².